The van der Waals surface area contributed by atoms with Crippen LogP contribution in [0.25, 0.3) is 0 Å². The van der Waals surface area contributed by atoms with E-state index in [4.69, 9.17) is 4.74 Å². The summed E-state index contributed by atoms with van der Waals surface area (Å²) in [6.07, 6.45) is 0. The maximum absolute atomic E-state index is 14.3. The molecule has 0 aliphatic carbocycles. The van der Waals surface area contributed by atoms with Crippen LogP contribution < -0.4 is 15.4 Å². The smallest absolute Gasteiger partial charge is 0.325 e. The summed E-state index contributed by atoms with van der Waals surface area (Å²) < 4.78 is 20.9. The SMILES string of the molecule is CC(C)C(C(=O)Nc1ccc(I)cc1F)N1C(=O)NC(c2ccc(OCCN3CCN(C)CC3)cc2)C1=O. The van der Waals surface area contributed by atoms with Gasteiger partial charge in [-0.05, 0) is 71.5 Å². The minimum atomic E-state index is -1.11. The van der Waals surface area contributed by atoms with Crippen molar-refractivity contribution in [3.63, 3.8) is 0 Å². The number of nitrogens with zero attached hydrogens (tertiary/aromatic N) is 3. The second kappa shape index (κ2) is 12.4. The zero-order chi connectivity index (χ0) is 27.4. The number of carbonyl (C=O) groups is 3. The van der Waals surface area contributed by atoms with Gasteiger partial charge in [0.15, 0.2) is 0 Å². The first-order valence-electron chi connectivity index (χ1n) is 12.7. The summed E-state index contributed by atoms with van der Waals surface area (Å²) in [4.78, 5) is 44.9. The number of imide groups is 1. The van der Waals surface area contributed by atoms with E-state index in [1.165, 1.54) is 12.1 Å². The Balaban J connectivity index is 1.39. The number of rotatable bonds is 9. The van der Waals surface area contributed by atoms with E-state index in [2.05, 4.69) is 27.5 Å². The maximum atomic E-state index is 14.3. The first-order valence-corrected chi connectivity index (χ1v) is 13.7. The highest BCUT2D eigenvalue weighted by atomic mass is 127. The van der Waals surface area contributed by atoms with Gasteiger partial charge in [0.25, 0.3) is 5.91 Å². The molecule has 2 unspecified atom stereocenters. The van der Waals surface area contributed by atoms with Crippen molar-refractivity contribution in [2.24, 2.45) is 5.92 Å². The minimum absolute atomic E-state index is 0.00659. The lowest BCUT2D eigenvalue weighted by Crippen LogP contribution is -2.50. The Morgan fingerprint density at radius 1 is 1.13 bits per heavy atom. The van der Waals surface area contributed by atoms with E-state index in [0.717, 1.165) is 37.6 Å². The van der Waals surface area contributed by atoms with Crippen molar-refractivity contribution in [3.05, 3.63) is 57.4 Å². The van der Waals surface area contributed by atoms with Crippen LogP contribution in [0, 0.1) is 15.3 Å². The normalized spacial score (nSPS) is 19.5. The Labute approximate surface area is 235 Å². The van der Waals surface area contributed by atoms with E-state index in [0.29, 0.717) is 21.5 Å². The fourth-order valence-corrected chi connectivity index (χ4v) is 5.07. The van der Waals surface area contributed by atoms with Crippen LogP contribution in [-0.4, -0.2) is 85.0 Å². The summed E-state index contributed by atoms with van der Waals surface area (Å²) in [5.41, 5.74) is 0.580. The highest BCUT2D eigenvalue weighted by Crippen LogP contribution is 2.28. The van der Waals surface area contributed by atoms with Crippen LogP contribution in [0.3, 0.4) is 0 Å². The first kappa shape index (κ1) is 28.2. The van der Waals surface area contributed by atoms with E-state index in [1.807, 2.05) is 22.6 Å². The molecule has 11 heteroatoms. The Morgan fingerprint density at radius 2 is 1.82 bits per heavy atom. The molecule has 4 rings (SSSR count). The molecular weight excluding hydrogens is 604 g/mol. The molecule has 2 atom stereocenters. The minimum Gasteiger partial charge on any atom is -0.492 e. The Morgan fingerprint density at radius 3 is 2.45 bits per heavy atom. The number of piperazine rings is 1. The molecule has 0 radical (unpaired) electrons. The number of halogens is 2. The molecule has 2 aliphatic heterocycles. The summed E-state index contributed by atoms with van der Waals surface area (Å²) in [6, 6.07) is 8.74. The predicted molar refractivity (Wildman–Crippen MR) is 150 cm³/mol. The zero-order valence-electron chi connectivity index (χ0n) is 21.7. The molecule has 2 saturated heterocycles. The van der Waals surface area contributed by atoms with Gasteiger partial charge in [0.2, 0.25) is 5.91 Å². The molecule has 0 spiro atoms. The van der Waals surface area contributed by atoms with Gasteiger partial charge in [-0.3, -0.25) is 14.5 Å². The van der Waals surface area contributed by atoms with Crippen LogP contribution in [0.15, 0.2) is 42.5 Å². The molecule has 2 aromatic rings. The molecule has 9 nitrogen and oxygen atoms in total. The number of urea groups is 1. The second-order valence-electron chi connectivity index (χ2n) is 9.96. The van der Waals surface area contributed by atoms with Crippen molar-refractivity contribution in [2.45, 2.75) is 25.9 Å². The van der Waals surface area contributed by atoms with E-state index < -0.39 is 41.7 Å². The van der Waals surface area contributed by atoms with Gasteiger partial charge in [-0.15, -0.1) is 0 Å². The van der Waals surface area contributed by atoms with Gasteiger partial charge in [0, 0.05) is 36.3 Å². The molecule has 204 valence electrons. The summed E-state index contributed by atoms with van der Waals surface area (Å²) in [6.45, 7) is 9.01. The summed E-state index contributed by atoms with van der Waals surface area (Å²) in [5.74, 6) is -1.47. The highest BCUT2D eigenvalue weighted by Gasteiger charge is 2.46. The van der Waals surface area contributed by atoms with Crippen molar-refractivity contribution in [3.8, 4) is 5.75 Å². The topological polar surface area (TPSA) is 94.2 Å². The van der Waals surface area contributed by atoms with Crippen molar-refractivity contribution < 1.29 is 23.5 Å². The number of ether oxygens (including phenoxy) is 1. The fourth-order valence-electron chi connectivity index (χ4n) is 4.62. The summed E-state index contributed by atoms with van der Waals surface area (Å²) >= 11 is 1.97. The molecule has 38 heavy (non-hydrogen) atoms. The summed E-state index contributed by atoms with van der Waals surface area (Å²) in [5, 5.41) is 5.21. The van der Waals surface area contributed by atoms with Gasteiger partial charge in [-0.25, -0.2) is 14.1 Å². The van der Waals surface area contributed by atoms with Gasteiger partial charge >= 0.3 is 6.03 Å². The fraction of sp³-hybridized carbons (Fsp3) is 0.444. The van der Waals surface area contributed by atoms with E-state index in [1.54, 1.807) is 44.2 Å². The van der Waals surface area contributed by atoms with Gasteiger partial charge in [-0.2, -0.15) is 0 Å². The standard InChI is InChI=1S/C27H33FIN5O4/c1-17(2)24(25(35)30-22-9-6-19(29)16-21(22)28)34-26(36)23(31-27(34)37)18-4-7-20(8-5-18)38-15-14-33-12-10-32(3)11-13-33/h4-9,16-17,23-24H,10-15H2,1-3H3,(H,30,35)(H,31,37). The number of nitrogens with one attached hydrogen (secondary N) is 2. The monoisotopic (exact) mass is 637 g/mol. The van der Waals surface area contributed by atoms with Crippen molar-refractivity contribution in [2.75, 3.05) is 51.7 Å². The zero-order valence-corrected chi connectivity index (χ0v) is 23.9. The number of benzene rings is 2. The van der Waals surface area contributed by atoms with Crippen molar-refractivity contribution >= 4 is 46.1 Å². The molecule has 0 bridgehead atoms. The largest absolute Gasteiger partial charge is 0.492 e. The van der Waals surface area contributed by atoms with E-state index >= 15 is 0 Å². The molecule has 0 aromatic heterocycles. The van der Waals surface area contributed by atoms with Crippen LogP contribution in [0.1, 0.15) is 25.5 Å². The third-order valence-electron chi connectivity index (χ3n) is 6.82. The first-order chi connectivity index (χ1) is 18.1. The Kier molecular flexibility index (Phi) is 9.21. The third-order valence-corrected chi connectivity index (χ3v) is 7.49. The molecule has 4 amide bonds. The molecule has 2 aliphatic rings. The van der Waals surface area contributed by atoms with Gasteiger partial charge < -0.3 is 20.3 Å². The Bertz CT molecular complexity index is 1170. The number of likely N-dealkylation sites (N-methyl/N-ethyl adjacent to an activating group) is 1. The molecule has 2 aromatic carbocycles. The van der Waals surface area contributed by atoms with Gasteiger partial charge in [0.05, 0.1) is 5.69 Å². The Hall–Kier alpha value is -2.77. The van der Waals surface area contributed by atoms with Crippen LogP contribution in [0.4, 0.5) is 14.9 Å². The second-order valence-corrected chi connectivity index (χ2v) is 11.2. The number of anilines is 1. The molecule has 0 saturated carbocycles. The predicted octanol–water partition coefficient (Wildman–Crippen LogP) is 3.31. The van der Waals surface area contributed by atoms with Crippen LogP contribution in [0.5, 0.6) is 5.75 Å². The molecule has 2 heterocycles. The van der Waals surface area contributed by atoms with Crippen LogP contribution in [0.2, 0.25) is 0 Å². The number of amides is 4. The lowest BCUT2D eigenvalue weighted by Gasteiger charge is -2.32. The average Bonchev–Trinajstić information content (AvgIpc) is 3.16. The van der Waals surface area contributed by atoms with Crippen molar-refractivity contribution in [1.29, 1.82) is 0 Å². The lowest BCUT2D eigenvalue weighted by atomic mass is 10.0. The average molecular weight is 637 g/mol. The number of carbonyl (C=O) groups excluding carboxylic acids is 3. The lowest BCUT2D eigenvalue weighted by molar-refractivity contribution is -0.135. The number of hydrogen-bond acceptors (Lipinski definition) is 6. The summed E-state index contributed by atoms with van der Waals surface area (Å²) in [7, 11) is 2.12. The molecule has 2 N–H and O–H groups in total. The van der Waals surface area contributed by atoms with Gasteiger partial charge in [-0.1, -0.05) is 26.0 Å². The van der Waals surface area contributed by atoms with Crippen LogP contribution >= 0.6 is 22.6 Å². The third kappa shape index (κ3) is 6.62. The van der Waals surface area contributed by atoms with Crippen molar-refractivity contribution in [1.82, 2.24) is 20.0 Å². The van der Waals surface area contributed by atoms with E-state index in [9.17, 15) is 18.8 Å². The van der Waals surface area contributed by atoms with E-state index in [-0.39, 0.29) is 5.69 Å². The maximum Gasteiger partial charge on any atom is 0.325 e. The van der Waals surface area contributed by atoms with Gasteiger partial charge in [0.1, 0.15) is 30.3 Å². The molecule has 2 fully saturated rings. The van der Waals surface area contributed by atoms with Crippen LogP contribution in [-0.2, 0) is 9.59 Å². The molecular formula is C27H33FIN5O4. The highest BCUT2D eigenvalue weighted by molar-refractivity contribution is 14.1. The quantitative estimate of drug-likeness (QED) is 0.324. The number of hydrogen-bond donors (Lipinski definition) is 2.